The molecule has 0 aromatic rings. The fourth-order valence-electron chi connectivity index (χ4n) is 2.72. The molecule has 1 fully saturated rings. The van der Waals surface area contributed by atoms with Crippen LogP contribution in [0.15, 0.2) is 0 Å². The highest BCUT2D eigenvalue weighted by atomic mass is 16.5. The maximum Gasteiger partial charge on any atom is 0.0897 e. The summed E-state index contributed by atoms with van der Waals surface area (Å²) in [7, 11) is 0. The highest BCUT2D eigenvalue weighted by Crippen LogP contribution is 2.33. The molecule has 1 saturated carbocycles. The van der Waals surface area contributed by atoms with E-state index in [0.29, 0.717) is 19.2 Å². The Labute approximate surface area is 131 Å². The Hall–Kier alpha value is -0.120. The number of rotatable bonds is 15. The molecule has 0 amide bonds. The Morgan fingerprint density at radius 2 is 1.81 bits per heavy atom. The second kappa shape index (κ2) is 12.4. The highest BCUT2D eigenvalue weighted by Gasteiger charge is 2.24. The van der Waals surface area contributed by atoms with Crippen molar-refractivity contribution < 1.29 is 9.84 Å². The molecule has 0 aromatic carbocycles. The largest absolute Gasteiger partial charge is 0.389 e. The molecule has 0 heterocycles. The van der Waals surface area contributed by atoms with Crippen LogP contribution in [0.25, 0.3) is 0 Å². The van der Waals surface area contributed by atoms with Crippen LogP contribution < -0.4 is 5.32 Å². The molecular weight excluding hydrogens is 262 g/mol. The molecule has 0 saturated heterocycles. The number of hydrogen-bond donors (Lipinski definition) is 2. The van der Waals surface area contributed by atoms with E-state index in [1.165, 1.54) is 51.4 Å². The van der Waals surface area contributed by atoms with E-state index in [1.54, 1.807) is 0 Å². The molecule has 3 nitrogen and oxygen atoms in total. The standard InChI is InChI=1S/C18H37NO2/c1-3-5-6-7-8-9-12-21-15-18(20)14-19-17(4-2)13-16-10-11-16/h16-20H,3-15H2,1-2H3. The molecule has 2 N–H and O–H groups in total. The van der Waals surface area contributed by atoms with Crippen LogP contribution in [0.1, 0.15) is 78.1 Å². The molecule has 0 radical (unpaired) electrons. The summed E-state index contributed by atoms with van der Waals surface area (Å²) < 4.78 is 5.57. The van der Waals surface area contributed by atoms with Crippen LogP contribution >= 0.6 is 0 Å². The second-order valence-corrected chi connectivity index (χ2v) is 6.69. The van der Waals surface area contributed by atoms with Crippen molar-refractivity contribution in [2.75, 3.05) is 19.8 Å². The summed E-state index contributed by atoms with van der Waals surface area (Å²) in [5, 5.41) is 13.4. The minimum Gasteiger partial charge on any atom is -0.389 e. The third-order valence-corrected chi connectivity index (χ3v) is 4.40. The first-order valence-corrected chi connectivity index (χ1v) is 9.25. The maximum absolute atomic E-state index is 9.93. The molecule has 1 rings (SSSR count). The molecular formula is C18H37NO2. The SMILES string of the molecule is CCCCCCCCOCC(O)CNC(CC)CC1CC1. The van der Waals surface area contributed by atoms with Gasteiger partial charge in [-0.05, 0) is 25.2 Å². The first kappa shape index (κ1) is 18.9. The number of unbranched alkanes of at least 4 members (excludes halogenated alkanes) is 5. The van der Waals surface area contributed by atoms with Gasteiger partial charge in [0, 0.05) is 19.2 Å². The van der Waals surface area contributed by atoms with Gasteiger partial charge in [-0.1, -0.05) is 58.8 Å². The van der Waals surface area contributed by atoms with Gasteiger partial charge in [0.2, 0.25) is 0 Å². The Kier molecular flexibility index (Phi) is 11.2. The summed E-state index contributed by atoms with van der Waals surface area (Å²) in [5.74, 6) is 0.948. The smallest absolute Gasteiger partial charge is 0.0897 e. The quantitative estimate of drug-likeness (QED) is 0.451. The lowest BCUT2D eigenvalue weighted by atomic mass is 10.1. The topological polar surface area (TPSA) is 41.5 Å². The zero-order valence-electron chi connectivity index (χ0n) is 14.3. The van der Waals surface area contributed by atoms with Crippen molar-refractivity contribution >= 4 is 0 Å². The molecule has 0 bridgehead atoms. The van der Waals surface area contributed by atoms with Crippen LogP contribution in [0.5, 0.6) is 0 Å². The molecule has 3 heteroatoms. The van der Waals surface area contributed by atoms with Crippen molar-refractivity contribution in [2.45, 2.75) is 90.2 Å². The van der Waals surface area contributed by atoms with Crippen LogP contribution in [0, 0.1) is 5.92 Å². The fraction of sp³-hybridized carbons (Fsp3) is 1.00. The Balaban J connectivity index is 1.87. The molecule has 1 aliphatic rings. The normalized spacial score (nSPS) is 17.9. The minimum atomic E-state index is -0.363. The zero-order valence-corrected chi connectivity index (χ0v) is 14.3. The maximum atomic E-state index is 9.93. The van der Waals surface area contributed by atoms with Crippen LogP contribution in [-0.4, -0.2) is 37.0 Å². The molecule has 2 atom stereocenters. The number of nitrogens with one attached hydrogen (secondary N) is 1. The van der Waals surface area contributed by atoms with Gasteiger partial charge in [0.1, 0.15) is 0 Å². The highest BCUT2D eigenvalue weighted by molar-refractivity contribution is 4.80. The molecule has 21 heavy (non-hydrogen) atoms. The average molecular weight is 299 g/mol. The van der Waals surface area contributed by atoms with Gasteiger partial charge in [0.15, 0.2) is 0 Å². The number of ether oxygens (including phenoxy) is 1. The second-order valence-electron chi connectivity index (χ2n) is 6.69. The number of aliphatic hydroxyl groups is 1. The number of hydrogen-bond acceptors (Lipinski definition) is 3. The van der Waals surface area contributed by atoms with Gasteiger partial charge in [-0.3, -0.25) is 0 Å². The van der Waals surface area contributed by atoms with E-state index in [0.717, 1.165) is 25.4 Å². The predicted octanol–water partition coefficient (Wildman–Crippen LogP) is 3.89. The van der Waals surface area contributed by atoms with Gasteiger partial charge in [-0.15, -0.1) is 0 Å². The van der Waals surface area contributed by atoms with Crippen molar-refractivity contribution in [1.29, 1.82) is 0 Å². The third kappa shape index (κ3) is 11.1. The van der Waals surface area contributed by atoms with E-state index in [1.807, 2.05) is 0 Å². The first-order chi connectivity index (χ1) is 10.3. The molecule has 0 aliphatic heterocycles. The molecule has 0 aromatic heterocycles. The lowest BCUT2D eigenvalue weighted by Crippen LogP contribution is -2.37. The van der Waals surface area contributed by atoms with Gasteiger partial charge in [0.05, 0.1) is 12.7 Å². The Morgan fingerprint density at radius 1 is 1.10 bits per heavy atom. The summed E-state index contributed by atoms with van der Waals surface area (Å²) in [6.07, 6.45) is 12.6. The van der Waals surface area contributed by atoms with Gasteiger partial charge in [-0.2, -0.15) is 0 Å². The van der Waals surface area contributed by atoms with Crippen molar-refractivity contribution in [1.82, 2.24) is 5.32 Å². The van der Waals surface area contributed by atoms with Gasteiger partial charge in [0.25, 0.3) is 0 Å². The van der Waals surface area contributed by atoms with Crippen molar-refractivity contribution in [3.63, 3.8) is 0 Å². The van der Waals surface area contributed by atoms with Crippen LogP contribution in [0.4, 0.5) is 0 Å². The van der Waals surface area contributed by atoms with Gasteiger partial charge >= 0.3 is 0 Å². The molecule has 126 valence electrons. The third-order valence-electron chi connectivity index (χ3n) is 4.40. The van der Waals surface area contributed by atoms with Gasteiger partial charge in [-0.25, -0.2) is 0 Å². The summed E-state index contributed by atoms with van der Waals surface area (Å²) in [6, 6.07) is 0.575. The van der Waals surface area contributed by atoms with E-state index < -0.39 is 0 Å². The number of aliphatic hydroxyl groups excluding tert-OH is 1. The molecule has 0 spiro atoms. The first-order valence-electron chi connectivity index (χ1n) is 9.25. The summed E-state index contributed by atoms with van der Waals surface area (Å²) >= 11 is 0. The Bertz CT molecular complexity index is 231. The van der Waals surface area contributed by atoms with Gasteiger partial charge < -0.3 is 15.2 Å². The van der Waals surface area contributed by atoms with Crippen LogP contribution in [0.2, 0.25) is 0 Å². The van der Waals surface area contributed by atoms with E-state index >= 15 is 0 Å². The van der Waals surface area contributed by atoms with E-state index in [2.05, 4.69) is 19.2 Å². The van der Waals surface area contributed by atoms with E-state index in [9.17, 15) is 5.11 Å². The predicted molar refractivity (Wildman–Crippen MR) is 89.6 cm³/mol. The zero-order chi connectivity index (χ0) is 15.3. The monoisotopic (exact) mass is 299 g/mol. The summed E-state index contributed by atoms with van der Waals surface area (Å²) in [5.41, 5.74) is 0. The Morgan fingerprint density at radius 3 is 2.48 bits per heavy atom. The van der Waals surface area contributed by atoms with E-state index in [4.69, 9.17) is 4.74 Å². The average Bonchev–Trinajstić information content (AvgIpc) is 3.30. The summed E-state index contributed by atoms with van der Waals surface area (Å²) in [4.78, 5) is 0. The van der Waals surface area contributed by atoms with Crippen LogP contribution in [0.3, 0.4) is 0 Å². The van der Waals surface area contributed by atoms with Crippen molar-refractivity contribution in [3.8, 4) is 0 Å². The molecule has 2 unspecified atom stereocenters. The van der Waals surface area contributed by atoms with Crippen molar-refractivity contribution in [2.24, 2.45) is 5.92 Å². The van der Waals surface area contributed by atoms with Crippen molar-refractivity contribution in [3.05, 3.63) is 0 Å². The summed E-state index contributed by atoms with van der Waals surface area (Å²) in [6.45, 7) is 6.40. The fourth-order valence-corrected chi connectivity index (χ4v) is 2.72. The molecule has 1 aliphatic carbocycles. The lowest BCUT2D eigenvalue weighted by Gasteiger charge is -2.19. The lowest BCUT2D eigenvalue weighted by molar-refractivity contribution is 0.0338. The van der Waals surface area contributed by atoms with Crippen LogP contribution in [-0.2, 0) is 4.74 Å². The minimum absolute atomic E-state index is 0.363. The van der Waals surface area contributed by atoms with E-state index in [-0.39, 0.29) is 6.10 Å².